The zero-order valence-electron chi connectivity index (χ0n) is 13.9. The molecule has 0 aromatic rings. The lowest BCUT2D eigenvalue weighted by Crippen LogP contribution is -2.50. The van der Waals surface area contributed by atoms with Crippen LogP contribution in [0.25, 0.3) is 0 Å². The number of ether oxygens (including phenoxy) is 1. The van der Waals surface area contributed by atoms with Crippen LogP contribution in [0.2, 0.25) is 0 Å². The molecular formula is C17H32N2O2. The molecule has 4 nitrogen and oxygen atoms in total. The minimum atomic E-state index is -0.755. The summed E-state index contributed by atoms with van der Waals surface area (Å²) in [6.45, 7) is 7.93. The fraction of sp³-hybridized carbons (Fsp3) is 0.941. The topological polar surface area (TPSA) is 55.6 Å². The maximum Gasteiger partial charge on any atom is 0.326 e. The van der Waals surface area contributed by atoms with Crippen LogP contribution in [-0.2, 0) is 9.53 Å². The summed E-state index contributed by atoms with van der Waals surface area (Å²) in [5.41, 5.74) is 5.59. The molecule has 2 aliphatic carbocycles. The van der Waals surface area contributed by atoms with E-state index < -0.39 is 5.54 Å². The van der Waals surface area contributed by atoms with Gasteiger partial charge in [-0.1, -0.05) is 26.7 Å². The number of carbonyl (C=O) groups excluding carboxylic acids is 1. The Bertz CT molecular complexity index is 353. The molecule has 2 unspecified atom stereocenters. The maximum absolute atomic E-state index is 12.1. The van der Waals surface area contributed by atoms with E-state index in [4.69, 9.17) is 10.5 Å². The highest BCUT2D eigenvalue weighted by Gasteiger charge is 2.46. The standard InChI is InChI=1S/C17H32N2O2/c1-4-21-16(20)17(18)10-9-15(11-17)19(12-13(2)3)14-7-5-6-8-14/h13-15H,4-12,18H2,1-3H3. The molecule has 2 saturated carbocycles. The zero-order valence-corrected chi connectivity index (χ0v) is 13.9. The molecule has 0 aromatic heterocycles. The minimum Gasteiger partial charge on any atom is -0.465 e. The van der Waals surface area contributed by atoms with Crippen molar-refractivity contribution in [3.8, 4) is 0 Å². The second-order valence-corrected chi connectivity index (χ2v) is 7.30. The van der Waals surface area contributed by atoms with Crippen LogP contribution in [0, 0.1) is 5.92 Å². The van der Waals surface area contributed by atoms with E-state index in [1.165, 1.54) is 25.7 Å². The number of hydrogen-bond acceptors (Lipinski definition) is 4. The zero-order chi connectivity index (χ0) is 15.5. The number of nitrogens with zero attached hydrogens (tertiary/aromatic N) is 1. The Morgan fingerprint density at radius 3 is 2.52 bits per heavy atom. The molecule has 2 N–H and O–H groups in total. The molecule has 0 saturated heterocycles. The lowest BCUT2D eigenvalue weighted by molar-refractivity contribution is -0.149. The van der Waals surface area contributed by atoms with Crippen molar-refractivity contribution in [2.75, 3.05) is 13.2 Å². The van der Waals surface area contributed by atoms with E-state index in [1.807, 2.05) is 6.92 Å². The van der Waals surface area contributed by atoms with Crippen LogP contribution >= 0.6 is 0 Å². The van der Waals surface area contributed by atoms with Gasteiger partial charge in [0.1, 0.15) is 5.54 Å². The first kappa shape index (κ1) is 16.8. The van der Waals surface area contributed by atoms with Crippen LogP contribution in [0.5, 0.6) is 0 Å². The largest absolute Gasteiger partial charge is 0.465 e. The molecule has 2 atom stereocenters. The average molecular weight is 296 g/mol. The summed E-state index contributed by atoms with van der Waals surface area (Å²) >= 11 is 0. The molecule has 0 aromatic carbocycles. The van der Waals surface area contributed by atoms with Crippen LogP contribution in [-0.4, -0.2) is 41.6 Å². The van der Waals surface area contributed by atoms with Crippen LogP contribution in [0.15, 0.2) is 0 Å². The molecular weight excluding hydrogens is 264 g/mol. The fourth-order valence-corrected chi connectivity index (χ4v) is 4.05. The molecule has 4 heteroatoms. The van der Waals surface area contributed by atoms with Crippen molar-refractivity contribution >= 4 is 5.97 Å². The van der Waals surface area contributed by atoms with E-state index in [-0.39, 0.29) is 5.97 Å². The summed E-state index contributed by atoms with van der Waals surface area (Å²) in [5.74, 6) is 0.449. The first-order valence-corrected chi connectivity index (χ1v) is 8.68. The lowest BCUT2D eigenvalue weighted by Gasteiger charge is -2.36. The molecule has 0 amide bonds. The first-order valence-electron chi connectivity index (χ1n) is 8.68. The van der Waals surface area contributed by atoms with Crippen LogP contribution in [0.1, 0.15) is 65.7 Å². The highest BCUT2D eigenvalue weighted by Crippen LogP contribution is 2.36. The molecule has 21 heavy (non-hydrogen) atoms. The van der Waals surface area contributed by atoms with E-state index in [2.05, 4.69) is 18.7 Å². The smallest absolute Gasteiger partial charge is 0.326 e. The Kier molecular flexibility index (Phi) is 5.67. The van der Waals surface area contributed by atoms with Crippen molar-refractivity contribution in [2.24, 2.45) is 11.7 Å². The summed E-state index contributed by atoms with van der Waals surface area (Å²) in [5, 5.41) is 0. The van der Waals surface area contributed by atoms with Gasteiger partial charge in [-0.05, 0) is 44.9 Å². The van der Waals surface area contributed by atoms with E-state index in [0.29, 0.717) is 24.6 Å². The summed E-state index contributed by atoms with van der Waals surface area (Å²) < 4.78 is 5.18. The molecule has 0 spiro atoms. The number of rotatable bonds is 6. The molecule has 0 aliphatic heterocycles. The molecule has 0 bridgehead atoms. The van der Waals surface area contributed by atoms with E-state index in [0.717, 1.165) is 25.8 Å². The van der Waals surface area contributed by atoms with Gasteiger partial charge < -0.3 is 10.5 Å². The molecule has 0 radical (unpaired) electrons. The van der Waals surface area contributed by atoms with Crippen molar-refractivity contribution < 1.29 is 9.53 Å². The maximum atomic E-state index is 12.1. The molecule has 2 fully saturated rings. The molecule has 2 rings (SSSR count). The Balaban J connectivity index is 2.02. The molecule has 122 valence electrons. The van der Waals surface area contributed by atoms with Crippen molar-refractivity contribution in [1.82, 2.24) is 4.90 Å². The second kappa shape index (κ2) is 7.10. The van der Waals surface area contributed by atoms with Crippen LogP contribution < -0.4 is 5.73 Å². The highest BCUT2D eigenvalue weighted by molar-refractivity contribution is 5.81. The number of esters is 1. The summed E-state index contributed by atoms with van der Waals surface area (Å²) in [4.78, 5) is 14.8. The van der Waals surface area contributed by atoms with Gasteiger partial charge in [0.05, 0.1) is 6.61 Å². The predicted octanol–water partition coefficient (Wildman–Crippen LogP) is 2.70. The average Bonchev–Trinajstić information content (AvgIpc) is 3.06. The van der Waals surface area contributed by atoms with Crippen molar-refractivity contribution in [2.45, 2.75) is 83.3 Å². The quantitative estimate of drug-likeness (QED) is 0.766. The second-order valence-electron chi connectivity index (χ2n) is 7.30. The number of nitrogens with two attached hydrogens (primary N) is 1. The molecule has 2 aliphatic rings. The lowest BCUT2D eigenvalue weighted by atomic mass is 9.98. The minimum absolute atomic E-state index is 0.205. The SMILES string of the molecule is CCOC(=O)C1(N)CCC(N(CC(C)C)C2CCCC2)C1. The summed E-state index contributed by atoms with van der Waals surface area (Å²) in [7, 11) is 0. The summed E-state index contributed by atoms with van der Waals surface area (Å²) in [6.07, 6.45) is 7.85. The Labute approximate surface area is 129 Å². The Morgan fingerprint density at radius 1 is 1.29 bits per heavy atom. The third-order valence-corrected chi connectivity index (χ3v) is 5.04. The van der Waals surface area contributed by atoms with Gasteiger partial charge in [0.25, 0.3) is 0 Å². The molecule has 0 heterocycles. The van der Waals surface area contributed by atoms with Crippen LogP contribution in [0.4, 0.5) is 0 Å². The Morgan fingerprint density at radius 2 is 1.95 bits per heavy atom. The van der Waals surface area contributed by atoms with Crippen molar-refractivity contribution in [3.05, 3.63) is 0 Å². The monoisotopic (exact) mass is 296 g/mol. The summed E-state index contributed by atoms with van der Waals surface area (Å²) in [6, 6.07) is 1.15. The van der Waals surface area contributed by atoms with Crippen molar-refractivity contribution in [3.63, 3.8) is 0 Å². The van der Waals surface area contributed by atoms with E-state index in [1.54, 1.807) is 0 Å². The number of hydrogen-bond donors (Lipinski definition) is 1. The Hall–Kier alpha value is -0.610. The van der Waals surface area contributed by atoms with Gasteiger partial charge in [0, 0.05) is 18.6 Å². The normalized spacial score (nSPS) is 30.5. The first-order chi connectivity index (χ1) is 9.96. The van der Waals surface area contributed by atoms with Gasteiger partial charge in [-0.2, -0.15) is 0 Å². The van der Waals surface area contributed by atoms with Gasteiger partial charge in [0.2, 0.25) is 0 Å². The fourth-order valence-electron chi connectivity index (χ4n) is 4.05. The third-order valence-electron chi connectivity index (χ3n) is 5.04. The van der Waals surface area contributed by atoms with E-state index in [9.17, 15) is 4.79 Å². The number of carbonyl (C=O) groups is 1. The van der Waals surface area contributed by atoms with Gasteiger partial charge in [-0.15, -0.1) is 0 Å². The van der Waals surface area contributed by atoms with Gasteiger partial charge in [0.15, 0.2) is 0 Å². The predicted molar refractivity (Wildman–Crippen MR) is 85.0 cm³/mol. The van der Waals surface area contributed by atoms with E-state index >= 15 is 0 Å². The highest BCUT2D eigenvalue weighted by atomic mass is 16.5. The van der Waals surface area contributed by atoms with Gasteiger partial charge in [-0.25, -0.2) is 0 Å². The van der Waals surface area contributed by atoms with Crippen molar-refractivity contribution in [1.29, 1.82) is 0 Å². The third kappa shape index (κ3) is 3.98. The van der Waals surface area contributed by atoms with Crippen LogP contribution in [0.3, 0.4) is 0 Å². The van der Waals surface area contributed by atoms with Gasteiger partial charge >= 0.3 is 5.97 Å². The van der Waals surface area contributed by atoms with Gasteiger partial charge in [-0.3, -0.25) is 9.69 Å².